The van der Waals surface area contributed by atoms with E-state index in [4.69, 9.17) is 16.6 Å². The van der Waals surface area contributed by atoms with Gasteiger partial charge in [0.25, 0.3) is 0 Å². The van der Waals surface area contributed by atoms with Crippen molar-refractivity contribution in [2.75, 3.05) is 25.5 Å². The number of rotatable bonds is 4. The van der Waals surface area contributed by atoms with Crippen LogP contribution in [0, 0.1) is 0 Å². The minimum atomic E-state index is -0.151. The summed E-state index contributed by atoms with van der Waals surface area (Å²) in [7, 11) is 1.80. The number of aliphatic imine (C=N–C) groups is 2. The van der Waals surface area contributed by atoms with Gasteiger partial charge in [0.2, 0.25) is 0 Å². The van der Waals surface area contributed by atoms with Gasteiger partial charge in [-0.2, -0.15) is 0 Å². The maximum Gasteiger partial charge on any atom is 0.161 e. The Balaban J connectivity index is 2.23. The summed E-state index contributed by atoms with van der Waals surface area (Å²) in [5.41, 5.74) is 3.97. The summed E-state index contributed by atoms with van der Waals surface area (Å²) in [4.78, 5) is 11.9. The summed E-state index contributed by atoms with van der Waals surface area (Å²) in [6.45, 7) is 6.07. The molecule has 130 valence electrons. The Bertz CT molecular complexity index is 795. The fourth-order valence-electron chi connectivity index (χ4n) is 3.10. The number of hydrogen-bond donors (Lipinski definition) is 1. The number of benzene rings is 2. The van der Waals surface area contributed by atoms with Crippen LogP contribution in [0.15, 0.2) is 58.5 Å². The zero-order chi connectivity index (χ0) is 17.8. The van der Waals surface area contributed by atoms with Crippen molar-refractivity contribution in [3.63, 3.8) is 0 Å². The third-order valence-corrected chi connectivity index (χ3v) is 4.68. The van der Waals surface area contributed by atoms with E-state index in [1.165, 1.54) is 0 Å². The van der Waals surface area contributed by atoms with Crippen LogP contribution in [0.4, 0.5) is 5.69 Å². The largest absolute Gasteiger partial charge is 0.341 e. The highest BCUT2D eigenvalue weighted by molar-refractivity contribution is 6.32. The van der Waals surface area contributed by atoms with Gasteiger partial charge in [-0.3, -0.25) is 14.9 Å². The quantitative estimate of drug-likeness (QED) is 0.889. The lowest BCUT2D eigenvalue weighted by Crippen LogP contribution is -2.42. The Hall–Kier alpha value is -2.17. The molecule has 25 heavy (non-hydrogen) atoms. The van der Waals surface area contributed by atoms with Crippen molar-refractivity contribution >= 4 is 28.8 Å². The lowest BCUT2D eigenvalue weighted by Gasteiger charge is -2.27. The van der Waals surface area contributed by atoms with Gasteiger partial charge in [0.05, 0.1) is 5.71 Å². The monoisotopic (exact) mass is 354 g/mol. The van der Waals surface area contributed by atoms with Crippen molar-refractivity contribution in [3.8, 4) is 0 Å². The van der Waals surface area contributed by atoms with Crippen molar-refractivity contribution in [3.05, 3.63) is 64.7 Å². The molecule has 1 N–H and O–H groups in total. The number of anilines is 1. The molecule has 0 bridgehead atoms. The summed E-state index contributed by atoms with van der Waals surface area (Å²) in [5, 5.41) is 4.17. The Morgan fingerprint density at radius 3 is 2.48 bits per heavy atom. The van der Waals surface area contributed by atoms with Gasteiger partial charge < -0.3 is 5.32 Å². The highest BCUT2D eigenvalue weighted by atomic mass is 35.5. The van der Waals surface area contributed by atoms with E-state index in [1.54, 1.807) is 7.05 Å². The maximum atomic E-state index is 6.28. The first-order valence-electron chi connectivity index (χ1n) is 8.58. The van der Waals surface area contributed by atoms with Crippen molar-refractivity contribution in [2.24, 2.45) is 9.98 Å². The van der Waals surface area contributed by atoms with Gasteiger partial charge in [0.1, 0.15) is 5.84 Å². The summed E-state index contributed by atoms with van der Waals surface area (Å²) >= 11 is 6.28. The number of nitrogens with one attached hydrogen (secondary N) is 1. The molecule has 1 heterocycles. The van der Waals surface area contributed by atoms with E-state index in [2.05, 4.69) is 41.2 Å². The van der Waals surface area contributed by atoms with E-state index in [9.17, 15) is 0 Å². The molecule has 1 aliphatic rings. The van der Waals surface area contributed by atoms with Gasteiger partial charge in [-0.15, -0.1) is 0 Å². The van der Waals surface area contributed by atoms with Crippen LogP contribution in [0.2, 0.25) is 5.02 Å². The van der Waals surface area contributed by atoms with E-state index < -0.39 is 0 Å². The molecule has 0 amide bonds. The molecular weight excluding hydrogens is 332 g/mol. The highest BCUT2D eigenvalue weighted by Crippen LogP contribution is 2.28. The first-order valence-corrected chi connectivity index (χ1v) is 8.96. The second kappa shape index (κ2) is 7.81. The highest BCUT2D eigenvalue weighted by Gasteiger charge is 2.27. The molecule has 5 heteroatoms. The van der Waals surface area contributed by atoms with Crippen LogP contribution in [0.25, 0.3) is 0 Å². The Labute approximate surface area is 154 Å². The third kappa shape index (κ3) is 3.60. The van der Waals surface area contributed by atoms with Crippen LogP contribution in [0.1, 0.15) is 25.0 Å². The summed E-state index contributed by atoms with van der Waals surface area (Å²) in [6, 6.07) is 16.1. The van der Waals surface area contributed by atoms with E-state index in [0.29, 0.717) is 5.02 Å². The predicted molar refractivity (Wildman–Crippen MR) is 107 cm³/mol. The molecule has 1 aliphatic heterocycles. The molecule has 3 rings (SSSR count). The average Bonchev–Trinajstić information content (AvgIpc) is 2.80. The third-order valence-electron chi connectivity index (χ3n) is 4.44. The second-order valence-corrected chi connectivity index (χ2v) is 6.30. The topological polar surface area (TPSA) is 40.0 Å². The predicted octanol–water partition coefficient (Wildman–Crippen LogP) is 4.30. The number of halogens is 1. The average molecular weight is 355 g/mol. The van der Waals surface area contributed by atoms with Gasteiger partial charge in [-0.25, -0.2) is 0 Å². The summed E-state index contributed by atoms with van der Waals surface area (Å²) in [6.07, 6.45) is -0.151. The standard InChI is InChI=1S/C20H23ClN4/c1-4-25(5-2)20-19(22-3)23-17-12-11-15(21)13-16(17)18(24-20)14-9-7-6-8-10-14/h6-13,20H,4-5H2,1-3H3,(H,22,23). The number of amidine groups is 1. The first kappa shape index (κ1) is 17.6. The molecule has 0 saturated carbocycles. The molecule has 2 aromatic carbocycles. The molecule has 0 saturated heterocycles. The van der Waals surface area contributed by atoms with Crippen LogP contribution in [-0.4, -0.2) is 42.8 Å². The first-order chi connectivity index (χ1) is 12.2. The zero-order valence-electron chi connectivity index (χ0n) is 14.8. The van der Waals surface area contributed by atoms with Crippen molar-refractivity contribution in [1.82, 2.24) is 4.90 Å². The summed E-state index contributed by atoms with van der Waals surface area (Å²) < 4.78 is 0. The SMILES string of the molecule is CCN(CC)C1N=C(c2ccccc2)c2cc(Cl)ccc2NC1=NC. The van der Waals surface area contributed by atoms with Crippen LogP contribution >= 0.6 is 11.6 Å². The van der Waals surface area contributed by atoms with Crippen LogP contribution in [0.5, 0.6) is 0 Å². The fourth-order valence-corrected chi connectivity index (χ4v) is 3.27. The van der Waals surface area contributed by atoms with Gasteiger partial charge in [-0.1, -0.05) is 55.8 Å². The van der Waals surface area contributed by atoms with Gasteiger partial charge >= 0.3 is 0 Å². The molecule has 0 fully saturated rings. The molecule has 0 aliphatic carbocycles. The van der Waals surface area contributed by atoms with Crippen LogP contribution < -0.4 is 5.32 Å². The van der Waals surface area contributed by atoms with E-state index in [0.717, 1.165) is 41.5 Å². The Morgan fingerprint density at radius 2 is 1.84 bits per heavy atom. The number of nitrogens with zero attached hydrogens (tertiary/aromatic N) is 3. The molecule has 0 radical (unpaired) electrons. The maximum absolute atomic E-state index is 6.28. The zero-order valence-corrected chi connectivity index (χ0v) is 15.6. The fraction of sp³-hybridized carbons (Fsp3) is 0.300. The Morgan fingerprint density at radius 1 is 1.12 bits per heavy atom. The Kier molecular flexibility index (Phi) is 5.51. The lowest BCUT2D eigenvalue weighted by molar-refractivity contribution is 0.274. The van der Waals surface area contributed by atoms with Crippen molar-refractivity contribution in [1.29, 1.82) is 0 Å². The number of fused-ring (bicyclic) bond motifs is 1. The summed E-state index contributed by atoms with van der Waals surface area (Å²) in [5.74, 6) is 0.846. The molecule has 1 atom stereocenters. The van der Waals surface area contributed by atoms with E-state index in [1.807, 2.05) is 36.4 Å². The van der Waals surface area contributed by atoms with Crippen molar-refractivity contribution in [2.45, 2.75) is 20.0 Å². The van der Waals surface area contributed by atoms with Crippen LogP contribution in [0.3, 0.4) is 0 Å². The van der Waals surface area contributed by atoms with E-state index in [-0.39, 0.29) is 6.17 Å². The van der Waals surface area contributed by atoms with Gasteiger partial charge in [0, 0.05) is 28.9 Å². The van der Waals surface area contributed by atoms with Crippen molar-refractivity contribution < 1.29 is 0 Å². The number of likely N-dealkylation sites (N-methyl/N-ethyl adjacent to an activating group) is 1. The number of hydrogen-bond acceptors (Lipinski definition) is 3. The van der Waals surface area contributed by atoms with Gasteiger partial charge in [0.15, 0.2) is 6.17 Å². The smallest absolute Gasteiger partial charge is 0.161 e. The lowest BCUT2D eigenvalue weighted by atomic mass is 10.0. The molecule has 1 unspecified atom stereocenters. The molecule has 0 aromatic heterocycles. The second-order valence-electron chi connectivity index (χ2n) is 5.86. The minimum absolute atomic E-state index is 0.151. The molecular formula is C20H23ClN4. The van der Waals surface area contributed by atoms with Gasteiger partial charge in [-0.05, 0) is 31.3 Å². The van der Waals surface area contributed by atoms with Crippen LogP contribution in [-0.2, 0) is 0 Å². The number of benzodiazepines with no additional fused rings is 1. The minimum Gasteiger partial charge on any atom is -0.341 e. The normalized spacial score (nSPS) is 18.5. The van der Waals surface area contributed by atoms with E-state index >= 15 is 0 Å². The molecule has 4 nitrogen and oxygen atoms in total. The molecule has 2 aromatic rings. The molecule has 0 spiro atoms.